The van der Waals surface area contributed by atoms with E-state index in [1.54, 1.807) is 6.08 Å². The predicted octanol–water partition coefficient (Wildman–Crippen LogP) is 9.47. The second-order valence-corrected chi connectivity index (χ2v) is 17.1. The summed E-state index contributed by atoms with van der Waals surface area (Å²) in [6, 6.07) is 12.9. The first-order chi connectivity index (χ1) is 30.9. The molecular formula is C52H74O12. The van der Waals surface area contributed by atoms with Crippen molar-refractivity contribution in [3.8, 4) is 16.9 Å². The average molecular weight is 891 g/mol. The molecule has 0 aromatic heterocycles. The normalized spacial score (nSPS) is 15.0. The van der Waals surface area contributed by atoms with Crippen LogP contribution in [0.1, 0.15) is 127 Å². The maximum absolute atomic E-state index is 12.9. The molecule has 0 radical (unpaired) electrons. The summed E-state index contributed by atoms with van der Waals surface area (Å²) in [5, 5.41) is 0. The highest BCUT2D eigenvalue weighted by atomic mass is 16.6. The highest BCUT2D eigenvalue weighted by Crippen LogP contribution is 2.40. The zero-order valence-electron chi connectivity index (χ0n) is 39.3. The first-order valence-corrected chi connectivity index (χ1v) is 23.2. The standard InChI is InChI=1S/C52H74O12/c1-8-11-12-13-14-16-39-18-20-41(21-19-39)42-22-24-45(40(10-3)32-42)43-23-25-48(44(33-43)17-15-29-60-28-9-2)61-34-52(35-62-49(55)38(4)5,36-63-50(56)46(53)26-30-58-6)37-64-51(57)47(54)27-31-59-7/h9,22-25,32-33,39,41H,2,4,8,10-21,26-31,34-37H2,1,3,5-7H3. The van der Waals surface area contributed by atoms with Crippen molar-refractivity contribution in [3.05, 3.63) is 77.9 Å². The van der Waals surface area contributed by atoms with Gasteiger partial charge < -0.3 is 33.2 Å². The minimum absolute atomic E-state index is 0.00115. The lowest BCUT2D eigenvalue weighted by Crippen LogP contribution is -2.45. The Morgan fingerprint density at radius 1 is 0.719 bits per heavy atom. The van der Waals surface area contributed by atoms with Gasteiger partial charge in [0.15, 0.2) is 0 Å². The number of ether oxygens (including phenoxy) is 7. The highest BCUT2D eigenvalue weighted by molar-refractivity contribution is 6.34. The number of methoxy groups -OCH3 is 2. The number of esters is 3. The fraction of sp³-hybridized carbons (Fsp3) is 0.596. The third-order valence-electron chi connectivity index (χ3n) is 11.8. The van der Waals surface area contributed by atoms with Gasteiger partial charge in [0.25, 0.3) is 0 Å². The molecule has 2 aromatic rings. The Kier molecular flexibility index (Phi) is 24.9. The molecule has 12 heteroatoms. The summed E-state index contributed by atoms with van der Waals surface area (Å²) in [5.74, 6) is -2.84. The average Bonchev–Trinajstić information content (AvgIpc) is 3.31. The first-order valence-electron chi connectivity index (χ1n) is 23.2. The van der Waals surface area contributed by atoms with Crippen molar-refractivity contribution in [2.75, 3.05) is 67.1 Å². The third kappa shape index (κ3) is 18.4. The van der Waals surface area contributed by atoms with Gasteiger partial charge in [-0.2, -0.15) is 0 Å². The van der Waals surface area contributed by atoms with E-state index >= 15 is 0 Å². The van der Waals surface area contributed by atoms with Crippen molar-refractivity contribution in [1.29, 1.82) is 0 Å². The van der Waals surface area contributed by atoms with Crippen LogP contribution in [-0.4, -0.2) is 96.5 Å². The van der Waals surface area contributed by atoms with Gasteiger partial charge in [-0.15, -0.1) is 6.58 Å². The summed E-state index contributed by atoms with van der Waals surface area (Å²) < 4.78 is 38.6. The number of unbranched alkanes of at least 4 members (excludes halogenated alkanes) is 4. The van der Waals surface area contributed by atoms with Crippen molar-refractivity contribution in [2.24, 2.45) is 11.3 Å². The fourth-order valence-electron chi connectivity index (χ4n) is 7.89. The summed E-state index contributed by atoms with van der Waals surface area (Å²) in [6.45, 7) is 12.3. The van der Waals surface area contributed by atoms with E-state index in [9.17, 15) is 24.0 Å². The second kappa shape index (κ2) is 29.7. The fourth-order valence-corrected chi connectivity index (χ4v) is 7.89. The minimum Gasteiger partial charge on any atom is -0.492 e. The topological polar surface area (TPSA) is 150 Å². The summed E-state index contributed by atoms with van der Waals surface area (Å²) in [5.41, 5.74) is 4.24. The molecule has 1 aliphatic carbocycles. The van der Waals surface area contributed by atoms with Gasteiger partial charge in [0, 0.05) is 39.2 Å². The van der Waals surface area contributed by atoms with Crippen molar-refractivity contribution < 1.29 is 57.1 Å². The number of aryl methyl sites for hydroxylation is 2. The Balaban J connectivity index is 1.95. The second-order valence-electron chi connectivity index (χ2n) is 17.1. The molecular weight excluding hydrogens is 817 g/mol. The summed E-state index contributed by atoms with van der Waals surface area (Å²) >= 11 is 0. The van der Waals surface area contributed by atoms with Gasteiger partial charge in [0.05, 0.1) is 19.8 Å². The molecule has 2 aromatic carbocycles. The molecule has 1 saturated carbocycles. The number of hydrogen-bond acceptors (Lipinski definition) is 12. The van der Waals surface area contributed by atoms with Crippen LogP contribution in [0, 0.1) is 11.3 Å². The molecule has 0 atom stereocenters. The molecule has 0 amide bonds. The van der Waals surface area contributed by atoms with Crippen LogP contribution < -0.4 is 4.74 Å². The van der Waals surface area contributed by atoms with E-state index in [0.717, 1.165) is 29.0 Å². The molecule has 0 aliphatic heterocycles. The van der Waals surface area contributed by atoms with Crippen LogP contribution >= 0.6 is 0 Å². The van der Waals surface area contributed by atoms with Gasteiger partial charge in [-0.05, 0) is 104 Å². The van der Waals surface area contributed by atoms with E-state index in [4.69, 9.17) is 33.2 Å². The molecule has 0 unspecified atom stereocenters. The van der Waals surface area contributed by atoms with Crippen LogP contribution in [0.2, 0.25) is 0 Å². The molecule has 1 fully saturated rings. The van der Waals surface area contributed by atoms with Gasteiger partial charge in [-0.1, -0.05) is 89.3 Å². The zero-order chi connectivity index (χ0) is 46.7. The largest absolute Gasteiger partial charge is 0.492 e. The van der Waals surface area contributed by atoms with Crippen LogP contribution in [0.3, 0.4) is 0 Å². The van der Waals surface area contributed by atoms with Crippen molar-refractivity contribution in [1.82, 2.24) is 0 Å². The molecule has 1 aliphatic rings. The Hall–Kier alpha value is -4.65. The molecule has 64 heavy (non-hydrogen) atoms. The predicted molar refractivity (Wildman–Crippen MR) is 247 cm³/mol. The first kappa shape index (κ1) is 53.7. The summed E-state index contributed by atoms with van der Waals surface area (Å²) in [7, 11) is 2.80. The molecule has 0 saturated heterocycles. The maximum Gasteiger partial charge on any atom is 0.374 e. The van der Waals surface area contributed by atoms with Crippen LogP contribution in [0.25, 0.3) is 11.1 Å². The number of carbonyl (C=O) groups is 5. The number of hydrogen-bond donors (Lipinski definition) is 0. The number of Topliss-reactive ketones (excluding diaryl/α,β-unsaturated/α-hetero) is 2. The lowest BCUT2D eigenvalue weighted by Gasteiger charge is -2.32. The number of rotatable bonds is 33. The van der Waals surface area contributed by atoms with Crippen LogP contribution in [-0.2, 0) is 65.2 Å². The van der Waals surface area contributed by atoms with Gasteiger partial charge in [0.1, 0.15) is 37.6 Å². The lowest BCUT2D eigenvalue weighted by atomic mass is 9.76. The quantitative estimate of drug-likeness (QED) is 0.0168. The van der Waals surface area contributed by atoms with E-state index in [1.807, 2.05) is 12.1 Å². The zero-order valence-corrected chi connectivity index (χ0v) is 39.3. The van der Waals surface area contributed by atoms with E-state index in [2.05, 4.69) is 51.3 Å². The van der Waals surface area contributed by atoms with Crippen LogP contribution in [0.15, 0.2) is 61.2 Å². The Labute approximate surface area is 381 Å². The molecule has 12 nitrogen and oxygen atoms in total. The molecule has 0 spiro atoms. The maximum atomic E-state index is 12.9. The third-order valence-corrected chi connectivity index (χ3v) is 11.8. The Morgan fingerprint density at radius 3 is 1.92 bits per heavy atom. The lowest BCUT2D eigenvalue weighted by molar-refractivity contribution is -0.169. The van der Waals surface area contributed by atoms with Crippen molar-refractivity contribution in [2.45, 2.75) is 123 Å². The molecule has 0 heterocycles. The minimum atomic E-state index is -1.57. The van der Waals surface area contributed by atoms with E-state index in [-0.39, 0.29) is 38.2 Å². The molecule has 0 N–H and O–H groups in total. The smallest absolute Gasteiger partial charge is 0.374 e. The van der Waals surface area contributed by atoms with E-state index in [1.165, 1.54) is 96.5 Å². The molecule has 0 bridgehead atoms. The van der Waals surface area contributed by atoms with Gasteiger partial charge in [0.2, 0.25) is 11.6 Å². The molecule has 354 valence electrons. The van der Waals surface area contributed by atoms with Gasteiger partial charge in [-0.25, -0.2) is 14.4 Å². The highest BCUT2D eigenvalue weighted by Gasteiger charge is 2.39. The van der Waals surface area contributed by atoms with E-state index < -0.39 is 54.7 Å². The summed E-state index contributed by atoms with van der Waals surface area (Å²) in [6.07, 6.45) is 16.4. The van der Waals surface area contributed by atoms with E-state index in [0.29, 0.717) is 37.7 Å². The number of carbonyl (C=O) groups excluding carboxylic acids is 5. The van der Waals surface area contributed by atoms with Crippen molar-refractivity contribution >= 4 is 29.5 Å². The number of ketones is 2. The van der Waals surface area contributed by atoms with Gasteiger partial charge in [-0.3, -0.25) is 9.59 Å². The van der Waals surface area contributed by atoms with Crippen LogP contribution in [0.4, 0.5) is 0 Å². The van der Waals surface area contributed by atoms with Crippen LogP contribution in [0.5, 0.6) is 5.75 Å². The van der Waals surface area contributed by atoms with Crippen molar-refractivity contribution in [3.63, 3.8) is 0 Å². The molecule has 3 rings (SSSR count). The SMILES string of the molecule is C=CCOCCCc1cc(-c2ccc(C3CCC(CCCCCCC)CC3)cc2CC)ccc1OCC(COC(=O)C(=C)C)(COC(=O)C(=O)CCOC)COC(=O)C(=O)CCOC. The van der Waals surface area contributed by atoms with Gasteiger partial charge >= 0.3 is 17.9 Å². The Morgan fingerprint density at radius 2 is 1.34 bits per heavy atom. The monoisotopic (exact) mass is 891 g/mol. The Bertz CT molecular complexity index is 1770. The number of benzene rings is 2. The summed E-state index contributed by atoms with van der Waals surface area (Å²) in [4.78, 5) is 63.5.